The van der Waals surface area contributed by atoms with E-state index in [0.29, 0.717) is 24.1 Å². The van der Waals surface area contributed by atoms with E-state index in [4.69, 9.17) is 15.0 Å². The number of hydrogen-bond acceptors (Lipinski definition) is 5. The lowest BCUT2D eigenvalue weighted by Crippen LogP contribution is -2.28. The summed E-state index contributed by atoms with van der Waals surface area (Å²) >= 11 is 0. The van der Waals surface area contributed by atoms with Crippen molar-refractivity contribution in [2.45, 2.75) is 57.6 Å². The summed E-state index contributed by atoms with van der Waals surface area (Å²) in [6.07, 6.45) is 4.79. The second-order valence-electron chi connectivity index (χ2n) is 5.12. The van der Waals surface area contributed by atoms with Crippen molar-refractivity contribution in [3.63, 3.8) is 0 Å². The zero-order chi connectivity index (χ0) is 13.2. The third-order valence-corrected chi connectivity index (χ3v) is 4.05. The second kappa shape index (κ2) is 5.36. The van der Waals surface area contributed by atoms with Gasteiger partial charge >= 0.3 is 0 Å². The molecular weight excluding hydrogens is 230 g/mol. The third-order valence-electron chi connectivity index (χ3n) is 4.05. The molecule has 1 saturated carbocycles. The lowest BCUT2D eigenvalue weighted by Gasteiger charge is -2.25. The maximum atomic E-state index is 6.07. The maximum Gasteiger partial charge on any atom is 0.228 e. The summed E-state index contributed by atoms with van der Waals surface area (Å²) < 4.78 is 10.9. The van der Waals surface area contributed by atoms with Gasteiger partial charge in [0.1, 0.15) is 5.60 Å². The molecule has 1 fully saturated rings. The summed E-state index contributed by atoms with van der Waals surface area (Å²) in [4.78, 5) is 4.46. The highest BCUT2D eigenvalue weighted by molar-refractivity contribution is 5.02. The van der Waals surface area contributed by atoms with Crippen LogP contribution in [0.15, 0.2) is 4.52 Å². The van der Waals surface area contributed by atoms with Gasteiger partial charge in [-0.25, -0.2) is 0 Å². The fraction of sp³-hybridized carbons (Fsp3) is 0.846. The van der Waals surface area contributed by atoms with E-state index in [-0.39, 0.29) is 6.04 Å². The van der Waals surface area contributed by atoms with Gasteiger partial charge < -0.3 is 15.0 Å². The van der Waals surface area contributed by atoms with E-state index < -0.39 is 5.60 Å². The number of rotatable bonds is 7. The van der Waals surface area contributed by atoms with Crippen LogP contribution in [0.4, 0.5) is 0 Å². The Morgan fingerprint density at radius 2 is 2.11 bits per heavy atom. The van der Waals surface area contributed by atoms with E-state index in [1.807, 2.05) is 0 Å². The molecule has 2 N–H and O–H groups in total. The zero-order valence-corrected chi connectivity index (χ0v) is 11.5. The average molecular weight is 253 g/mol. The molecule has 18 heavy (non-hydrogen) atoms. The van der Waals surface area contributed by atoms with Crippen LogP contribution in [-0.2, 0) is 16.8 Å². The van der Waals surface area contributed by atoms with Crippen LogP contribution < -0.4 is 5.73 Å². The Labute approximate surface area is 108 Å². The van der Waals surface area contributed by atoms with Crippen molar-refractivity contribution in [3.05, 3.63) is 11.7 Å². The molecule has 1 atom stereocenters. The monoisotopic (exact) mass is 253 g/mol. The summed E-state index contributed by atoms with van der Waals surface area (Å²) in [5.74, 6) is 1.92. The molecular formula is C13H23N3O2. The molecule has 1 aliphatic rings. The molecule has 2 rings (SSSR count). The first-order chi connectivity index (χ1) is 8.65. The molecule has 1 aromatic rings. The molecule has 0 amide bonds. The van der Waals surface area contributed by atoms with E-state index in [0.717, 1.165) is 12.8 Å². The molecule has 1 unspecified atom stereocenters. The van der Waals surface area contributed by atoms with Crippen LogP contribution in [-0.4, -0.2) is 23.3 Å². The number of nitrogens with zero attached hydrogens (tertiary/aromatic N) is 2. The zero-order valence-electron chi connectivity index (χ0n) is 11.5. The summed E-state index contributed by atoms with van der Waals surface area (Å²) in [6.45, 7) is 4.14. The van der Waals surface area contributed by atoms with Crippen LogP contribution in [0, 0.1) is 5.92 Å². The third kappa shape index (κ3) is 2.57. The van der Waals surface area contributed by atoms with E-state index >= 15 is 0 Å². The fourth-order valence-electron chi connectivity index (χ4n) is 2.36. The summed E-state index contributed by atoms with van der Waals surface area (Å²) in [6, 6.07) is 0.151. The first-order valence-electron chi connectivity index (χ1n) is 6.79. The number of methoxy groups -OCH3 is 1. The highest BCUT2D eigenvalue weighted by Crippen LogP contribution is 2.33. The first-order valence-corrected chi connectivity index (χ1v) is 6.79. The van der Waals surface area contributed by atoms with Gasteiger partial charge in [0.2, 0.25) is 11.7 Å². The molecule has 5 heteroatoms. The first kappa shape index (κ1) is 13.5. The Kier molecular flexibility index (Phi) is 4.02. The Morgan fingerprint density at radius 3 is 2.61 bits per heavy atom. The number of nitrogens with two attached hydrogens (primary N) is 1. The molecule has 1 aliphatic carbocycles. The van der Waals surface area contributed by atoms with Crippen LogP contribution in [0.25, 0.3) is 0 Å². The summed E-state index contributed by atoms with van der Waals surface area (Å²) in [7, 11) is 1.69. The number of hydrogen-bond donors (Lipinski definition) is 1. The lowest BCUT2D eigenvalue weighted by atomic mass is 9.96. The van der Waals surface area contributed by atoms with Gasteiger partial charge in [-0.15, -0.1) is 0 Å². The van der Waals surface area contributed by atoms with E-state index in [1.54, 1.807) is 7.11 Å². The van der Waals surface area contributed by atoms with Crippen molar-refractivity contribution >= 4 is 0 Å². The highest BCUT2D eigenvalue weighted by Gasteiger charge is 2.35. The van der Waals surface area contributed by atoms with E-state index in [9.17, 15) is 0 Å². The van der Waals surface area contributed by atoms with Gasteiger partial charge in [-0.05, 0) is 31.6 Å². The molecule has 0 saturated heterocycles. The van der Waals surface area contributed by atoms with Crippen LogP contribution in [0.5, 0.6) is 0 Å². The minimum absolute atomic E-state index is 0.151. The fourth-order valence-corrected chi connectivity index (χ4v) is 2.36. The van der Waals surface area contributed by atoms with Crippen molar-refractivity contribution in [1.29, 1.82) is 0 Å². The smallest absolute Gasteiger partial charge is 0.228 e. The van der Waals surface area contributed by atoms with Crippen molar-refractivity contribution in [2.24, 2.45) is 11.7 Å². The minimum atomic E-state index is -0.425. The molecule has 0 radical (unpaired) electrons. The van der Waals surface area contributed by atoms with Gasteiger partial charge in [-0.1, -0.05) is 19.0 Å². The van der Waals surface area contributed by atoms with E-state index in [2.05, 4.69) is 24.0 Å². The normalized spacial score (nSPS) is 18.0. The van der Waals surface area contributed by atoms with Crippen LogP contribution in [0.3, 0.4) is 0 Å². The van der Waals surface area contributed by atoms with Gasteiger partial charge in [0, 0.05) is 19.6 Å². The Balaban J connectivity index is 2.08. The number of ether oxygens (including phenoxy) is 1. The lowest BCUT2D eigenvalue weighted by molar-refractivity contribution is -0.0306. The van der Waals surface area contributed by atoms with Crippen LogP contribution in [0.2, 0.25) is 0 Å². The Morgan fingerprint density at radius 1 is 1.44 bits per heavy atom. The predicted octanol–water partition coefficient (Wildman–Crippen LogP) is 2.01. The topological polar surface area (TPSA) is 74.2 Å². The Bertz CT molecular complexity index is 375. The molecule has 0 spiro atoms. The SMILES string of the molecule is CCC(CC)(OC)c1noc(CC(N)C2CC2)n1. The molecule has 5 nitrogen and oxygen atoms in total. The standard InChI is InChI=1S/C13H23N3O2/c1-4-13(5-2,17-3)12-15-11(18-16-12)8-10(14)9-6-7-9/h9-10H,4-8,14H2,1-3H3. The molecule has 0 aliphatic heterocycles. The largest absolute Gasteiger partial charge is 0.370 e. The van der Waals surface area contributed by atoms with Crippen LogP contribution in [0.1, 0.15) is 51.2 Å². The van der Waals surface area contributed by atoms with Gasteiger partial charge in [0.25, 0.3) is 0 Å². The maximum absolute atomic E-state index is 6.07. The van der Waals surface area contributed by atoms with Crippen molar-refractivity contribution in [1.82, 2.24) is 10.1 Å². The summed E-state index contributed by atoms with van der Waals surface area (Å²) in [5, 5.41) is 4.07. The Hall–Kier alpha value is -0.940. The molecule has 1 heterocycles. The summed E-state index contributed by atoms with van der Waals surface area (Å²) in [5.41, 5.74) is 5.64. The molecule has 102 valence electrons. The minimum Gasteiger partial charge on any atom is -0.370 e. The quantitative estimate of drug-likeness (QED) is 0.804. The average Bonchev–Trinajstić information content (AvgIpc) is 3.14. The van der Waals surface area contributed by atoms with Gasteiger partial charge in [-0.2, -0.15) is 4.98 Å². The molecule has 0 aromatic carbocycles. The second-order valence-corrected chi connectivity index (χ2v) is 5.12. The predicted molar refractivity (Wildman–Crippen MR) is 68.0 cm³/mol. The number of aromatic nitrogens is 2. The van der Waals surface area contributed by atoms with E-state index in [1.165, 1.54) is 12.8 Å². The van der Waals surface area contributed by atoms with Crippen molar-refractivity contribution in [2.75, 3.05) is 7.11 Å². The van der Waals surface area contributed by atoms with Crippen molar-refractivity contribution < 1.29 is 9.26 Å². The molecule has 1 aromatic heterocycles. The van der Waals surface area contributed by atoms with Crippen LogP contribution >= 0.6 is 0 Å². The molecule has 0 bridgehead atoms. The highest BCUT2D eigenvalue weighted by atomic mass is 16.5. The van der Waals surface area contributed by atoms with Gasteiger partial charge in [-0.3, -0.25) is 0 Å². The van der Waals surface area contributed by atoms with Gasteiger partial charge in [0.05, 0.1) is 0 Å². The van der Waals surface area contributed by atoms with Gasteiger partial charge in [0.15, 0.2) is 0 Å². The van der Waals surface area contributed by atoms with Crippen molar-refractivity contribution in [3.8, 4) is 0 Å².